The quantitative estimate of drug-likeness (QED) is 0.578. The first-order valence-corrected chi connectivity index (χ1v) is 4.36. The number of nitro groups is 1. The van der Waals surface area contributed by atoms with Crippen LogP contribution in [-0.4, -0.2) is 26.3 Å². The molecule has 0 atom stereocenters. The molecule has 1 rings (SSSR count). The first-order valence-electron chi connectivity index (χ1n) is 4.36. The van der Waals surface area contributed by atoms with Crippen molar-refractivity contribution >= 4 is 5.69 Å². The van der Waals surface area contributed by atoms with Crippen molar-refractivity contribution in [3.05, 3.63) is 28.7 Å². The number of nitro benzene ring substituents is 1. The van der Waals surface area contributed by atoms with E-state index >= 15 is 0 Å². The van der Waals surface area contributed by atoms with Crippen molar-refractivity contribution in [1.29, 1.82) is 0 Å². The molecule has 87 valence electrons. The van der Waals surface area contributed by atoms with Crippen LogP contribution in [0.4, 0.5) is 5.69 Å². The van der Waals surface area contributed by atoms with E-state index in [1.54, 1.807) is 0 Å². The maximum Gasteiger partial charge on any atom is 0.280 e. The Hall–Kier alpha value is -1.98. The van der Waals surface area contributed by atoms with Crippen LogP contribution in [0.3, 0.4) is 0 Å². The lowest BCUT2D eigenvalue weighted by Crippen LogP contribution is -2.00. The first-order chi connectivity index (χ1) is 7.56. The maximum atomic E-state index is 10.8. The molecular formula is C10H12NO5. The minimum atomic E-state index is -0.549. The molecule has 16 heavy (non-hydrogen) atoms. The van der Waals surface area contributed by atoms with Gasteiger partial charge in [0.15, 0.2) is 11.5 Å². The van der Waals surface area contributed by atoms with Crippen molar-refractivity contribution in [2.75, 3.05) is 21.3 Å². The summed E-state index contributed by atoms with van der Waals surface area (Å²) in [6.45, 7) is 3.59. The van der Waals surface area contributed by atoms with E-state index in [-0.39, 0.29) is 22.7 Å². The Kier molecular flexibility index (Phi) is 3.55. The Bertz CT molecular complexity index is 416. The normalized spacial score (nSPS) is 9.75. The van der Waals surface area contributed by atoms with Gasteiger partial charge >= 0.3 is 0 Å². The summed E-state index contributed by atoms with van der Waals surface area (Å²) in [4.78, 5) is 10.2. The highest BCUT2D eigenvalue weighted by atomic mass is 16.6. The minimum Gasteiger partial charge on any atom is -0.492 e. The fourth-order valence-electron chi connectivity index (χ4n) is 1.37. The second-order valence-corrected chi connectivity index (χ2v) is 2.90. The molecule has 0 unspecified atom stereocenters. The molecule has 0 saturated carbocycles. The average molecular weight is 226 g/mol. The zero-order valence-electron chi connectivity index (χ0n) is 9.27. The number of benzene rings is 1. The zero-order chi connectivity index (χ0) is 12.3. The molecule has 6 nitrogen and oxygen atoms in total. The smallest absolute Gasteiger partial charge is 0.280 e. The van der Waals surface area contributed by atoms with Gasteiger partial charge in [-0.3, -0.25) is 10.1 Å². The Morgan fingerprint density at radius 2 is 1.75 bits per heavy atom. The van der Waals surface area contributed by atoms with Crippen LogP contribution >= 0.6 is 0 Å². The van der Waals surface area contributed by atoms with Crippen LogP contribution in [0.5, 0.6) is 17.2 Å². The van der Waals surface area contributed by atoms with Crippen LogP contribution in [-0.2, 0) is 0 Å². The highest BCUT2D eigenvalue weighted by Crippen LogP contribution is 2.44. The molecule has 6 heteroatoms. The molecule has 1 radical (unpaired) electrons. The van der Waals surface area contributed by atoms with Gasteiger partial charge in [0.2, 0.25) is 5.75 Å². The third-order valence-electron chi connectivity index (χ3n) is 2.11. The molecule has 0 amide bonds. The van der Waals surface area contributed by atoms with Gasteiger partial charge in [0.05, 0.1) is 37.9 Å². The third-order valence-corrected chi connectivity index (χ3v) is 2.11. The van der Waals surface area contributed by atoms with E-state index in [1.807, 2.05) is 0 Å². The van der Waals surface area contributed by atoms with Crippen molar-refractivity contribution in [3.8, 4) is 17.2 Å². The molecule has 0 fully saturated rings. The molecule has 0 saturated heterocycles. The third kappa shape index (κ3) is 1.86. The van der Waals surface area contributed by atoms with Crippen LogP contribution in [0.25, 0.3) is 0 Å². The second-order valence-electron chi connectivity index (χ2n) is 2.90. The van der Waals surface area contributed by atoms with E-state index in [1.165, 1.54) is 27.4 Å². The Balaban J connectivity index is 3.54. The summed E-state index contributed by atoms with van der Waals surface area (Å²) >= 11 is 0. The molecular weight excluding hydrogens is 214 g/mol. The monoisotopic (exact) mass is 226 g/mol. The summed E-state index contributed by atoms with van der Waals surface area (Å²) in [7, 11) is 4.20. The summed E-state index contributed by atoms with van der Waals surface area (Å²) in [6.07, 6.45) is 0. The van der Waals surface area contributed by atoms with Gasteiger partial charge in [0.25, 0.3) is 5.69 Å². The van der Waals surface area contributed by atoms with E-state index in [9.17, 15) is 10.1 Å². The molecule has 0 aliphatic rings. The van der Waals surface area contributed by atoms with Crippen LogP contribution in [0, 0.1) is 17.0 Å². The van der Waals surface area contributed by atoms with Gasteiger partial charge in [-0.05, 0) is 6.92 Å². The summed E-state index contributed by atoms with van der Waals surface area (Å²) in [5.41, 5.74) is -0.0142. The van der Waals surface area contributed by atoms with E-state index in [0.29, 0.717) is 5.75 Å². The number of hydrogen-bond acceptors (Lipinski definition) is 5. The van der Waals surface area contributed by atoms with Crippen molar-refractivity contribution in [2.45, 2.75) is 0 Å². The van der Waals surface area contributed by atoms with Gasteiger partial charge in [-0.2, -0.15) is 0 Å². The molecule has 0 spiro atoms. The fourth-order valence-corrected chi connectivity index (χ4v) is 1.37. The van der Waals surface area contributed by atoms with Crippen LogP contribution < -0.4 is 14.2 Å². The van der Waals surface area contributed by atoms with Gasteiger partial charge in [-0.15, -0.1) is 0 Å². The standard InChI is InChI=1S/C10H12NO5/c1-6-7(11(12)13)5-8(14-2)10(16-4)9(6)15-3/h5H,1H2,2-4H3. The van der Waals surface area contributed by atoms with Gasteiger partial charge in [0, 0.05) is 0 Å². The molecule has 1 aromatic carbocycles. The van der Waals surface area contributed by atoms with E-state index in [2.05, 4.69) is 6.92 Å². The first kappa shape index (κ1) is 12.1. The van der Waals surface area contributed by atoms with Crippen LogP contribution in [0.2, 0.25) is 0 Å². The number of hydrogen-bond donors (Lipinski definition) is 0. The van der Waals surface area contributed by atoms with E-state index < -0.39 is 4.92 Å². The summed E-state index contributed by atoms with van der Waals surface area (Å²) in [5.74, 6) is 0.729. The topological polar surface area (TPSA) is 70.8 Å². The second kappa shape index (κ2) is 4.69. The molecule has 0 heterocycles. The molecule has 0 N–H and O–H groups in total. The molecule has 0 aliphatic carbocycles. The Morgan fingerprint density at radius 3 is 2.12 bits per heavy atom. The summed E-state index contributed by atoms with van der Waals surface area (Å²) in [6, 6.07) is 1.25. The number of rotatable bonds is 4. The zero-order valence-corrected chi connectivity index (χ0v) is 9.27. The van der Waals surface area contributed by atoms with Crippen molar-refractivity contribution in [1.82, 2.24) is 0 Å². The number of ether oxygens (including phenoxy) is 3. The van der Waals surface area contributed by atoms with Crippen LogP contribution in [0.15, 0.2) is 6.07 Å². The minimum absolute atomic E-state index is 0.158. The molecule has 0 bridgehead atoms. The van der Waals surface area contributed by atoms with Gasteiger partial charge in [-0.1, -0.05) is 0 Å². The lowest BCUT2D eigenvalue weighted by Gasteiger charge is -2.13. The number of methoxy groups -OCH3 is 3. The molecule has 0 aromatic heterocycles. The predicted octanol–water partition coefficient (Wildman–Crippen LogP) is 1.80. The SMILES string of the molecule is [CH2]c1c([N+](=O)[O-])cc(OC)c(OC)c1OC. The summed E-state index contributed by atoms with van der Waals surface area (Å²) in [5, 5.41) is 10.8. The van der Waals surface area contributed by atoms with E-state index in [0.717, 1.165) is 0 Å². The molecule has 1 aromatic rings. The summed E-state index contributed by atoms with van der Waals surface area (Å²) < 4.78 is 15.1. The average Bonchev–Trinajstić information content (AvgIpc) is 2.27. The van der Waals surface area contributed by atoms with Crippen molar-refractivity contribution < 1.29 is 19.1 Å². The predicted molar refractivity (Wildman–Crippen MR) is 57.2 cm³/mol. The Morgan fingerprint density at radius 1 is 1.19 bits per heavy atom. The largest absolute Gasteiger partial charge is 0.492 e. The fraction of sp³-hybridized carbons (Fsp3) is 0.300. The highest BCUT2D eigenvalue weighted by molar-refractivity contribution is 5.65. The van der Waals surface area contributed by atoms with Crippen molar-refractivity contribution in [3.63, 3.8) is 0 Å². The van der Waals surface area contributed by atoms with Gasteiger partial charge < -0.3 is 14.2 Å². The lowest BCUT2D eigenvalue weighted by atomic mass is 10.1. The van der Waals surface area contributed by atoms with Crippen LogP contribution in [0.1, 0.15) is 5.56 Å². The lowest BCUT2D eigenvalue weighted by molar-refractivity contribution is -0.385. The maximum absolute atomic E-state index is 10.8. The molecule has 0 aliphatic heterocycles. The van der Waals surface area contributed by atoms with Crippen molar-refractivity contribution in [2.24, 2.45) is 0 Å². The van der Waals surface area contributed by atoms with E-state index in [4.69, 9.17) is 14.2 Å². The van der Waals surface area contributed by atoms with Gasteiger partial charge in [0.1, 0.15) is 0 Å². The highest BCUT2D eigenvalue weighted by Gasteiger charge is 2.23. The van der Waals surface area contributed by atoms with Gasteiger partial charge in [-0.25, -0.2) is 0 Å². The number of nitrogens with zero attached hydrogens (tertiary/aromatic N) is 1. The Labute approximate surface area is 92.9 Å².